The van der Waals surface area contributed by atoms with Gasteiger partial charge in [0.05, 0.1) is 22.3 Å². The van der Waals surface area contributed by atoms with Crippen LogP contribution in [0.3, 0.4) is 0 Å². The lowest BCUT2D eigenvalue weighted by molar-refractivity contribution is 0.409. The van der Waals surface area contributed by atoms with Crippen molar-refractivity contribution in [2.45, 2.75) is 5.88 Å². The predicted molar refractivity (Wildman–Crippen MR) is 82.3 cm³/mol. The van der Waals surface area contributed by atoms with Crippen LogP contribution >= 0.6 is 43.5 Å². The van der Waals surface area contributed by atoms with E-state index in [4.69, 9.17) is 21.1 Å². The summed E-state index contributed by atoms with van der Waals surface area (Å²) in [5.41, 5.74) is 0.905. The molecule has 0 fully saturated rings. The first-order chi connectivity index (χ1) is 9.13. The monoisotopic (exact) mass is 405 g/mol. The standard InChI is InChI=1S/C13H10Br2ClNO2/c1-18-12-3-11(15)13(4-10(12)14)19-9-2-8(5-16)6-17-7-9/h2-4,6-7H,5H2,1H3. The first-order valence-electron chi connectivity index (χ1n) is 5.35. The highest BCUT2D eigenvalue weighted by Crippen LogP contribution is 2.38. The van der Waals surface area contributed by atoms with Gasteiger partial charge in [0.15, 0.2) is 0 Å². The molecule has 0 radical (unpaired) electrons. The zero-order chi connectivity index (χ0) is 13.8. The lowest BCUT2D eigenvalue weighted by Gasteiger charge is -2.11. The van der Waals surface area contributed by atoms with Crippen molar-refractivity contribution in [3.8, 4) is 17.2 Å². The van der Waals surface area contributed by atoms with E-state index in [1.165, 1.54) is 0 Å². The largest absolute Gasteiger partial charge is 0.496 e. The summed E-state index contributed by atoms with van der Waals surface area (Å²) in [7, 11) is 1.61. The molecular formula is C13H10Br2ClNO2. The first kappa shape index (κ1) is 14.6. The normalized spacial score (nSPS) is 10.3. The molecule has 0 atom stereocenters. The minimum absolute atomic E-state index is 0.400. The van der Waals surface area contributed by atoms with Crippen molar-refractivity contribution < 1.29 is 9.47 Å². The molecule has 0 aliphatic carbocycles. The summed E-state index contributed by atoms with van der Waals surface area (Å²) in [6.07, 6.45) is 3.35. The number of alkyl halides is 1. The molecule has 0 saturated carbocycles. The molecule has 6 heteroatoms. The van der Waals surface area contributed by atoms with Crippen molar-refractivity contribution >= 4 is 43.5 Å². The average Bonchev–Trinajstić information content (AvgIpc) is 2.42. The van der Waals surface area contributed by atoms with Crippen LogP contribution in [-0.4, -0.2) is 12.1 Å². The molecule has 0 spiro atoms. The van der Waals surface area contributed by atoms with Crippen molar-refractivity contribution in [2.24, 2.45) is 0 Å². The van der Waals surface area contributed by atoms with Gasteiger partial charge in [-0.05, 0) is 55.6 Å². The molecule has 2 aromatic rings. The summed E-state index contributed by atoms with van der Waals surface area (Å²) in [5, 5.41) is 0. The Morgan fingerprint density at radius 2 is 1.79 bits per heavy atom. The lowest BCUT2D eigenvalue weighted by Crippen LogP contribution is -1.91. The molecule has 100 valence electrons. The lowest BCUT2D eigenvalue weighted by atomic mass is 10.3. The molecule has 0 aliphatic rings. The van der Waals surface area contributed by atoms with E-state index in [-0.39, 0.29) is 0 Å². The van der Waals surface area contributed by atoms with Crippen LogP contribution in [0.4, 0.5) is 0 Å². The average molecular weight is 407 g/mol. The molecule has 1 heterocycles. The SMILES string of the molecule is COc1cc(Br)c(Oc2cncc(CCl)c2)cc1Br. The highest BCUT2D eigenvalue weighted by Gasteiger charge is 2.09. The number of methoxy groups -OCH3 is 1. The van der Waals surface area contributed by atoms with Crippen molar-refractivity contribution in [3.63, 3.8) is 0 Å². The van der Waals surface area contributed by atoms with Gasteiger partial charge in [-0.2, -0.15) is 0 Å². The van der Waals surface area contributed by atoms with Gasteiger partial charge in [-0.25, -0.2) is 0 Å². The molecule has 0 amide bonds. The summed E-state index contributed by atoms with van der Waals surface area (Å²) < 4.78 is 12.6. The number of aromatic nitrogens is 1. The summed E-state index contributed by atoms with van der Waals surface area (Å²) in [5.74, 6) is 2.43. The Hall–Kier alpha value is -0.780. The smallest absolute Gasteiger partial charge is 0.146 e. The Bertz CT molecular complexity index is 593. The molecule has 0 bridgehead atoms. The van der Waals surface area contributed by atoms with Crippen molar-refractivity contribution in [1.82, 2.24) is 4.98 Å². The zero-order valence-corrected chi connectivity index (χ0v) is 13.9. The maximum atomic E-state index is 5.78. The van der Waals surface area contributed by atoms with Gasteiger partial charge >= 0.3 is 0 Å². The Morgan fingerprint density at radius 1 is 1.11 bits per heavy atom. The fourth-order valence-electron chi connectivity index (χ4n) is 1.46. The molecular weight excluding hydrogens is 397 g/mol. The van der Waals surface area contributed by atoms with Crippen LogP contribution in [0.2, 0.25) is 0 Å². The summed E-state index contributed by atoms with van der Waals surface area (Å²) in [6, 6.07) is 5.51. The molecule has 19 heavy (non-hydrogen) atoms. The van der Waals surface area contributed by atoms with Gasteiger partial charge in [-0.3, -0.25) is 4.98 Å². The third-order valence-electron chi connectivity index (χ3n) is 2.36. The number of hydrogen-bond donors (Lipinski definition) is 0. The molecule has 0 aliphatic heterocycles. The Balaban J connectivity index is 2.30. The predicted octanol–water partition coefficient (Wildman–Crippen LogP) is 5.15. The van der Waals surface area contributed by atoms with Crippen molar-refractivity contribution in [2.75, 3.05) is 7.11 Å². The van der Waals surface area contributed by atoms with Gasteiger partial charge in [-0.15, -0.1) is 11.6 Å². The van der Waals surface area contributed by atoms with Crippen molar-refractivity contribution in [1.29, 1.82) is 0 Å². The maximum Gasteiger partial charge on any atom is 0.146 e. The number of halogens is 3. The number of rotatable bonds is 4. The van der Waals surface area contributed by atoms with E-state index < -0.39 is 0 Å². The van der Waals surface area contributed by atoms with E-state index in [1.54, 1.807) is 19.5 Å². The quantitative estimate of drug-likeness (QED) is 0.657. The molecule has 3 nitrogen and oxygen atoms in total. The number of nitrogens with zero attached hydrogens (tertiary/aromatic N) is 1. The van der Waals surface area contributed by atoms with Crippen LogP contribution < -0.4 is 9.47 Å². The van der Waals surface area contributed by atoms with Crippen molar-refractivity contribution in [3.05, 3.63) is 45.1 Å². The second-order valence-corrected chi connectivity index (χ2v) is 5.66. The van der Waals surface area contributed by atoms with Crippen LogP contribution in [0.25, 0.3) is 0 Å². The second-order valence-electron chi connectivity index (χ2n) is 3.68. The fraction of sp³-hybridized carbons (Fsp3) is 0.154. The molecule has 0 saturated heterocycles. The maximum absolute atomic E-state index is 5.78. The number of ether oxygens (including phenoxy) is 2. The zero-order valence-electron chi connectivity index (χ0n) is 9.99. The Labute approximate surface area is 133 Å². The molecule has 2 rings (SSSR count). The van der Waals surface area contributed by atoms with Gasteiger partial charge in [0.25, 0.3) is 0 Å². The van der Waals surface area contributed by atoms with Crippen LogP contribution in [0.1, 0.15) is 5.56 Å². The summed E-state index contributed by atoms with van der Waals surface area (Å²) >= 11 is 12.6. The van der Waals surface area contributed by atoms with Gasteiger partial charge in [0.1, 0.15) is 17.2 Å². The topological polar surface area (TPSA) is 31.4 Å². The minimum Gasteiger partial charge on any atom is -0.496 e. The van der Waals surface area contributed by atoms with Gasteiger partial charge in [0.2, 0.25) is 0 Å². The molecule has 0 unspecified atom stereocenters. The van der Waals surface area contributed by atoms with E-state index in [1.807, 2.05) is 18.2 Å². The summed E-state index contributed by atoms with van der Waals surface area (Å²) in [6.45, 7) is 0. The van der Waals surface area contributed by atoms with Gasteiger partial charge < -0.3 is 9.47 Å². The first-order valence-corrected chi connectivity index (χ1v) is 7.47. The van der Waals surface area contributed by atoms with E-state index >= 15 is 0 Å². The Morgan fingerprint density at radius 3 is 2.47 bits per heavy atom. The summed E-state index contributed by atoms with van der Waals surface area (Å²) in [4.78, 5) is 4.08. The highest BCUT2D eigenvalue weighted by atomic mass is 79.9. The van der Waals surface area contributed by atoms with E-state index in [0.29, 0.717) is 17.4 Å². The van der Waals surface area contributed by atoms with Crippen LogP contribution in [-0.2, 0) is 5.88 Å². The van der Waals surface area contributed by atoms with Crippen LogP contribution in [0, 0.1) is 0 Å². The third-order valence-corrected chi connectivity index (χ3v) is 3.91. The third kappa shape index (κ3) is 3.61. The number of pyridine rings is 1. The number of benzene rings is 1. The minimum atomic E-state index is 0.400. The molecule has 1 aromatic heterocycles. The van der Waals surface area contributed by atoms with Gasteiger partial charge in [-0.1, -0.05) is 0 Å². The fourth-order valence-corrected chi connectivity index (χ4v) is 2.50. The van der Waals surface area contributed by atoms with E-state index in [2.05, 4.69) is 36.8 Å². The van der Waals surface area contributed by atoms with Gasteiger partial charge in [0, 0.05) is 12.1 Å². The van der Waals surface area contributed by atoms with Crippen LogP contribution in [0.15, 0.2) is 39.5 Å². The van der Waals surface area contributed by atoms with E-state index in [0.717, 1.165) is 20.3 Å². The molecule has 0 N–H and O–H groups in total. The Kier molecular flexibility index (Phi) is 5.07. The molecule has 1 aromatic carbocycles. The number of hydrogen-bond acceptors (Lipinski definition) is 3. The highest BCUT2D eigenvalue weighted by molar-refractivity contribution is 9.11. The second kappa shape index (κ2) is 6.59. The van der Waals surface area contributed by atoms with E-state index in [9.17, 15) is 0 Å². The van der Waals surface area contributed by atoms with Crippen LogP contribution in [0.5, 0.6) is 17.2 Å².